The number of halogens is 1. The van der Waals surface area contributed by atoms with Crippen LogP contribution < -0.4 is 5.32 Å². The van der Waals surface area contributed by atoms with Crippen LogP contribution in [0.5, 0.6) is 0 Å². The Bertz CT molecular complexity index is 969. The summed E-state index contributed by atoms with van der Waals surface area (Å²) in [7, 11) is 0. The van der Waals surface area contributed by atoms with Crippen LogP contribution in [0.15, 0.2) is 23.4 Å². The van der Waals surface area contributed by atoms with Crippen LogP contribution in [-0.4, -0.2) is 31.7 Å². The van der Waals surface area contributed by atoms with E-state index in [-0.39, 0.29) is 18.1 Å². The molecule has 0 aliphatic rings. The molecule has 3 rings (SSSR count). The second kappa shape index (κ2) is 6.79. The number of aryl methyl sites for hydroxylation is 3. The highest BCUT2D eigenvalue weighted by Gasteiger charge is 2.16. The fraction of sp³-hybridized carbons (Fsp3) is 0.294. The fourth-order valence-electron chi connectivity index (χ4n) is 2.65. The first-order chi connectivity index (χ1) is 11.9. The second-order valence-corrected chi connectivity index (χ2v) is 6.53. The summed E-state index contributed by atoms with van der Waals surface area (Å²) in [6, 6.07) is 4.27. The van der Waals surface area contributed by atoms with Crippen molar-refractivity contribution in [1.82, 2.24) is 19.6 Å². The summed E-state index contributed by atoms with van der Waals surface area (Å²) in [5.41, 5.74) is 3.66. The number of rotatable bonds is 4. The van der Waals surface area contributed by atoms with Gasteiger partial charge < -0.3 is 5.32 Å². The Morgan fingerprint density at radius 3 is 2.72 bits per heavy atom. The van der Waals surface area contributed by atoms with Crippen LogP contribution >= 0.6 is 11.8 Å². The van der Waals surface area contributed by atoms with E-state index in [4.69, 9.17) is 0 Å². The third kappa shape index (κ3) is 3.48. The van der Waals surface area contributed by atoms with Gasteiger partial charge in [-0.2, -0.15) is 4.98 Å². The van der Waals surface area contributed by atoms with Crippen LogP contribution in [0.1, 0.15) is 22.5 Å². The Morgan fingerprint density at radius 1 is 1.28 bits per heavy atom. The Labute approximate surface area is 148 Å². The van der Waals surface area contributed by atoms with Crippen LogP contribution in [0.4, 0.5) is 10.1 Å². The number of carbonyl (C=O) groups excluding carboxylic acids is 1. The number of fused-ring (bicyclic) bond motifs is 1. The van der Waals surface area contributed by atoms with Crippen molar-refractivity contribution < 1.29 is 9.18 Å². The first-order valence-corrected chi connectivity index (χ1v) is 8.94. The van der Waals surface area contributed by atoms with Gasteiger partial charge in [-0.05, 0) is 50.8 Å². The molecular formula is C17H18FN5OS. The van der Waals surface area contributed by atoms with Crippen LogP contribution in [0.3, 0.4) is 0 Å². The minimum Gasteiger partial charge on any atom is -0.326 e. The van der Waals surface area contributed by atoms with Gasteiger partial charge in [-0.3, -0.25) is 4.79 Å². The molecule has 0 atom stereocenters. The molecule has 3 aromatic rings. The molecule has 0 radical (unpaired) electrons. The number of benzene rings is 1. The van der Waals surface area contributed by atoms with Gasteiger partial charge in [-0.15, -0.1) is 5.10 Å². The van der Waals surface area contributed by atoms with Crippen molar-refractivity contribution >= 4 is 29.1 Å². The molecule has 0 aliphatic heterocycles. The lowest BCUT2D eigenvalue weighted by molar-refractivity contribution is -0.115. The predicted octanol–water partition coefficient (Wildman–Crippen LogP) is 3.09. The number of hydrogen-bond donors (Lipinski definition) is 1. The molecule has 130 valence electrons. The maximum atomic E-state index is 13.2. The first kappa shape index (κ1) is 17.3. The Hall–Kier alpha value is -2.48. The molecule has 0 saturated heterocycles. The van der Waals surface area contributed by atoms with Crippen molar-refractivity contribution in [3.8, 4) is 0 Å². The SMILES string of the molecule is CSc1nc2nc(C)c(CC(=O)Nc3ccc(F)cc3C)c(C)n2n1. The molecule has 8 heteroatoms. The zero-order valence-corrected chi connectivity index (χ0v) is 15.2. The summed E-state index contributed by atoms with van der Waals surface area (Å²) in [6.07, 6.45) is 2.06. The highest BCUT2D eigenvalue weighted by molar-refractivity contribution is 7.98. The summed E-state index contributed by atoms with van der Waals surface area (Å²) in [6.45, 7) is 5.50. The summed E-state index contributed by atoms with van der Waals surface area (Å²) >= 11 is 1.44. The number of hydrogen-bond acceptors (Lipinski definition) is 5. The quantitative estimate of drug-likeness (QED) is 0.725. The number of aromatic nitrogens is 4. The Kier molecular flexibility index (Phi) is 4.71. The molecule has 1 amide bonds. The van der Waals surface area contributed by atoms with Gasteiger partial charge in [-0.1, -0.05) is 11.8 Å². The average Bonchev–Trinajstić information content (AvgIpc) is 2.97. The summed E-state index contributed by atoms with van der Waals surface area (Å²) < 4.78 is 14.8. The summed E-state index contributed by atoms with van der Waals surface area (Å²) in [5, 5.41) is 7.84. The van der Waals surface area contributed by atoms with Gasteiger partial charge in [0.25, 0.3) is 5.78 Å². The number of anilines is 1. The molecule has 2 aromatic heterocycles. The molecule has 6 nitrogen and oxygen atoms in total. The maximum Gasteiger partial charge on any atom is 0.253 e. The van der Waals surface area contributed by atoms with Crippen molar-refractivity contribution in [2.75, 3.05) is 11.6 Å². The Morgan fingerprint density at radius 2 is 2.04 bits per heavy atom. The van der Waals surface area contributed by atoms with Gasteiger partial charge in [0.05, 0.1) is 6.42 Å². The highest BCUT2D eigenvalue weighted by Crippen LogP contribution is 2.19. The van der Waals surface area contributed by atoms with Gasteiger partial charge in [0.2, 0.25) is 11.1 Å². The zero-order chi connectivity index (χ0) is 18.1. The van der Waals surface area contributed by atoms with Crippen molar-refractivity contribution in [2.45, 2.75) is 32.3 Å². The van der Waals surface area contributed by atoms with Crippen LogP contribution in [0, 0.1) is 26.6 Å². The third-order valence-electron chi connectivity index (χ3n) is 4.01. The smallest absolute Gasteiger partial charge is 0.253 e. The van der Waals surface area contributed by atoms with Crippen LogP contribution in [0.25, 0.3) is 5.78 Å². The minimum atomic E-state index is -0.326. The lowest BCUT2D eigenvalue weighted by Gasteiger charge is -2.12. The average molecular weight is 359 g/mol. The molecular weight excluding hydrogens is 341 g/mol. The van der Waals surface area contributed by atoms with Crippen molar-refractivity contribution in [3.05, 3.63) is 46.5 Å². The number of carbonyl (C=O) groups is 1. The van der Waals surface area contributed by atoms with E-state index in [9.17, 15) is 9.18 Å². The van der Waals surface area contributed by atoms with E-state index in [1.165, 1.54) is 23.9 Å². The summed E-state index contributed by atoms with van der Waals surface area (Å²) in [5.74, 6) is 0.0118. The number of thioether (sulfide) groups is 1. The zero-order valence-electron chi connectivity index (χ0n) is 14.4. The molecule has 25 heavy (non-hydrogen) atoms. The Balaban J connectivity index is 1.87. The molecule has 0 unspecified atom stereocenters. The standard InChI is InChI=1S/C17H18FN5OS/c1-9-7-12(18)5-6-14(9)20-15(24)8-13-10(2)19-16-21-17(25-4)22-23(16)11(13)3/h5-7H,8H2,1-4H3,(H,20,24). The molecule has 0 aliphatic carbocycles. The molecule has 0 saturated carbocycles. The molecule has 0 bridgehead atoms. The third-order valence-corrected chi connectivity index (χ3v) is 4.55. The van der Waals surface area contributed by atoms with Crippen molar-refractivity contribution in [3.63, 3.8) is 0 Å². The van der Waals surface area contributed by atoms with E-state index in [1.807, 2.05) is 20.1 Å². The lowest BCUT2D eigenvalue weighted by Crippen LogP contribution is -2.18. The molecule has 1 N–H and O–H groups in total. The predicted molar refractivity (Wildman–Crippen MR) is 95.5 cm³/mol. The van der Waals surface area contributed by atoms with Gasteiger partial charge in [0.1, 0.15) is 5.82 Å². The van der Waals surface area contributed by atoms with E-state index < -0.39 is 0 Å². The first-order valence-electron chi connectivity index (χ1n) is 7.72. The van der Waals surface area contributed by atoms with Crippen molar-refractivity contribution in [2.24, 2.45) is 0 Å². The van der Waals surface area contributed by atoms with E-state index in [1.54, 1.807) is 17.5 Å². The van der Waals surface area contributed by atoms with E-state index in [2.05, 4.69) is 20.4 Å². The lowest BCUT2D eigenvalue weighted by atomic mass is 10.1. The number of amides is 1. The minimum absolute atomic E-state index is 0.159. The molecule has 2 heterocycles. The number of nitrogens with zero attached hydrogens (tertiary/aromatic N) is 4. The maximum absolute atomic E-state index is 13.2. The second-order valence-electron chi connectivity index (χ2n) is 5.76. The topological polar surface area (TPSA) is 72.2 Å². The summed E-state index contributed by atoms with van der Waals surface area (Å²) in [4.78, 5) is 21.2. The van der Waals surface area contributed by atoms with E-state index in [0.29, 0.717) is 22.2 Å². The van der Waals surface area contributed by atoms with Gasteiger partial charge in [-0.25, -0.2) is 13.9 Å². The van der Waals surface area contributed by atoms with E-state index in [0.717, 1.165) is 17.0 Å². The molecule has 1 aromatic carbocycles. The van der Waals surface area contributed by atoms with Crippen molar-refractivity contribution in [1.29, 1.82) is 0 Å². The monoisotopic (exact) mass is 359 g/mol. The normalized spacial score (nSPS) is 11.1. The van der Waals surface area contributed by atoms with E-state index >= 15 is 0 Å². The molecule has 0 fully saturated rings. The molecule has 0 spiro atoms. The van der Waals surface area contributed by atoms with Crippen LogP contribution in [-0.2, 0) is 11.2 Å². The number of nitrogens with one attached hydrogen (secondary N) is 1. The largest absolute Gasteiger partial charge is 0.326 e. The van der Waals surface area contributed by atoms with Gasteiger partial charge >= 0.3 is 0 Å². The van der Waals surface area contributed by atoms with Crippen LogP contribution in [0.2, 0.25) is 0 Å². The van der Waals surface area contributed by atoms with Gasteiger partial charge in [0.15, 0.2) is 0 Å². The van der Waals surface area contributed by atoms with Gasteiger partial charge in [0, 0.05) is 22.6 Å². The highest BCUT2D eigenvalue weighted by atomic mass is 32.2. The fourth-order valence-corrected chi connectivity index (χ4v) is 2.99.